The maximum atomic E-state index is 10.6. The molecule has 4 nitrogen and oxygen atoms in total. The first-order chi connectivity index (χ1) is 15.4. The first-order valence-electron chi connectivity index (χ1n) is 13.0. The second-order valence-electron chi connectivity index (χ2n) is 11.9. The monoisotopic (exact) mass is 476 g/mol. The summed E-state index contributed by atoms with van der Waals surface area (Å²) in [6, 6.07) is 0. The van der Waals surface area contributed by atoms with Crippen molar-refractivity contribution >= 4 is 14.3 Å². The standard InChI is InChI=1S/C28H48O4Si/c1-27(2,3)33(5,6)32-28(4,23-14-10-9-11-15-23)21-20-22-18-19-25(29)24(22)16-12-7-8-13-17-26(30)31/h7,13,18,23-25,29H,9-12,14-17,19-21H2,1-6H3,(H,30,31)/t8?,24-,25+,28?/m1/s1. The normalized spacial score (nSPS) is 24.0. The van der Waals surface area contributed by atoms with Crippen molar-refractivity contribution in [1.82, 2.24) is 0 Å². The van der Waals surface area contributed by atoms with Crippen molar-refractivity contribution in [3.63, 3.8) is 0 Å². The molecule has 1 unspecified atom stereocenters. The van der Waals surface area contributed by atoms with Gasteiger partial charge in [0.15, 0.2) is 8.32 Å². The molecule has 5 heteroatoms. The van der Waals surface area contributed by atoms with Crippen LogP contribution in [0, 0.1) is 11.8 Å². The van der Waals surface area contributed by atoms with Crippen LogP contribution in [-0.4, -0.2) is 36.2 Å². The molecule has 2 aliphatic rings. The number of hydrogen-bond donors (Lipinski definition) is 2. The summed E-state index contributed by atoms with van der Waals surface area (Å²) < 4.78 is 7.18. The molecule has 0 aromatic carbocycles. The van der Waals surface area contributed by atoms with E-state index in [1.54, 1.807) is 6.08 Å². The Hall–Kier alpha value is -1.13. The van der Waals surface area contributed by atoms with Crippen molar-refractivity contribution in [1.29, 1.82) is 0 Å². The molecule has 188 valence electrons. The van der Waals surface area contributed by atoms with E-state index >= 15 is 0 Å². The van der Waals surface area contributed by atoms with Crippen molar-refractivity contribution in [2.45, 2.75) is 128 Å². The van der Waals surface area contributed by atoms with Crippen LogP contribution in [0.2, 0.25) is 18.1 Å². The van der Waals surface area contributed by atoms with E-state index in [1.165, 1.54) is 37.7 Å². The highest BCUT2D eigenvalue weighted by atomic mass is 28.4. The minimum Gasteiger partial charge on any atom is -0.481 e. The lowest BCUT2D eigenvalue weighted by atomic mass is 9.75. The third kappa shape index (κ3) is 8.24. The molecule has 33 heavy (non-hydrogen) atoms. The summed E-state index contributed by atoms with van der Waals surface area (Å²) in [5, 5.41) is 19.5. The Morgan fingerprint density at radius 1 is 1.18 bits per heavy atom. The van der Waals surface area contributed by atoms with Gasteiger partial charge in [-0.2, -0.15) is 0 Å². The van der Waals surface area contributed by atoms with E-state index in [1.807, 2.05) is 6.08 Å². The highest BCUT2D eigenvalue weighted by molar-refractivity contribution is 6.74. The molecule has 0 aromatic rings. The van der Waals surface area contributed by atoms with E-state index in [0.29, 0.717) is 5.92 Å². The molecule has 0 aromatic heterocycles. The minimum absolute atomic E-state index is 0.00167. The fourth-order valence-corrected chi connectivity index (χ4v) is 7.00. The summed E-state index contributed by atoms with van der Waals surface area (Å²) in [6.07, 6.45) is 16.3. The van der Waals surface area contributed by atoms with Gasteiger partial charge in [0.1, 0.15) is 0 Å². The maximum absolute atomic E-state index is 10.6. The van der Waals surface area contributed by atoms with Gasteiger partial charge < -0.3 is 14.6 Å². The molecular weight excluding hydrogens is 428 g/mol. The molecule has 0 saturated heterocycles. The van der Waals surface area contributed by atoms with Crippen LogP contribution in [0.5, 0.6) is 0 Å². The minimum atomic E-state index is -1.90. The van der Waals surface area contributed by atoms with Gasteiger partial charge in [-0.05, 0) is 88.1 Å². The summed E-state index contributed by atoms with van der Waals surface area (Å²) >= 11 is 0. The number of carboxylic acid groups (broad SMARTS) is 1. The number of hydrogen-bond acceptors (Lipinski definition) is 3. The molecule has 1 fully saturated rings. The summed E-state index contributed by atoms with van der Waals surface area (Å²) in [6.45, 7) is 14.1. The van der Waals surface area contributed by atoms with Gasteiger partial charge in [0.25, 0.3) is 0 Å². The molecule has 3 atom stereocenters. The average Bonchev–Trinajstić information content (AvgIpc) is 3.08. The number of aliphatic carboxylic acids is 1. The van der Waals surface area contributed by atoms with Crippen molar-refractivity contribution in [3.05, 3.63) is 29.5 Å². The SMILES string of the molecule is CC(CCC1=CC[C@H](O)[C@@H]1CCC=C=CCC(=O)O)(O[Si](C)(C)C(C)(C)C)C1CCCCC1. The third-order valence-electron chi connectivity index (χ3n) is 8.37. The molecule has 2 rings (SSSR count). The van der Waals surface area contributed by atoms with Crippen LogP contribution in [0.4, 0.5) is 0 Å². The first-order valence-corrected chi connectivity index (χ1v) is 15.9. The maximum Gasteiger partial charge on any atom is 0.307 e. The van der Waals surface area contributed by atoms with Gasteiger partial charge in [-0.15, -0.1) is 5.73 Å². The topological polar surface area (TPSA) is 66.8 Å². The van der Waals surface area contributed by atoms with E-state index in [4.69, 9.17) is 9.53 Å². The van der Waals surface area contributed by atoms with Crippen LogP contribution < -0.4 is 0 Å². The van der Waals surface area contributed by atoms with Crippen LogP contribution >= 0.6 is 0 Å². The molecule has 0 radical (unpaired) electrons. The van der Waals surface area contributed by atoms with Crippen molar-refractivity contribution < 1.29 is 19.4 Å². The van der Waals surface area contributed by atoms with Crippen LogP contribution in [0.3, 0.4) is 0 Å². The molecule has 0 bridgehead atoms. The van der Waals surface area contributed by atoms with E-state index < -0.39 is 14.3 Å². The van der Waals surface area contributed by atoms with Gasteiger partial charge >= 0.3 is 5.97 Å². The smallest absolute Gasteiger partial charge is 0.307 e. The molecule has 0 spiro atoms. The van der Waals surface area contributed by atoms with Gasteiger partial charge in [0.05, 0.1) is 18.1 Å². The summed E-state index contributed by atoms with van der Waals surface area (Å²) in [7, 11) is -1.90. The molecule has 0 heterocycles. The van der Waals surface area contributed by atoms with Crippen molar-refractivity contribution in [3.8, 4) is 0 Å². The molecule has 2 N–H and O–H groups in total. The van der Waals surface area contributed by atoms with E-state index in [0.717, 1.165) is 32.1 Å². The Labute approximate surface area is 203 Å². The molecule has 2 aliphatic carbocycles. The average molecular weight is 477 g/mol. The quantitative estimate of drug-likeness (QED) is 0.185. The van der Waals surface area contributed by atoms with E-state index in [2.05, 4.69) is 52.6 Å². The number of carboxylic acids is 1. The zero-order valence-corrected chi connectivity index (χ0v) is 23.0. The zero-order chi connectivity index (χ0) is 24.7. The van der Waals surface area contributed by atoms with Crippen molar-refractivity contribution in [2.75, 3.05) is 0 Å². The van der Waals surface area contributed by atoms with E-state index in [9.17, 15) is 9.90 Å². The Kier molecular flexibility index (Phi) is 10.2. The van der Waals surface area contributed by atoms with Crippen LogP contribution in [0.25, 0.3) is 0 Å². The van der Waals surface area contributed by atoms with Gasteiger partial charge in [0, 0.05) is 5.92 Å². The van der Waals surface area contributed by atoms with Crippen LogP contribution in [-0.2, 0) is 9.22 Å². The fraction of sp³-hybridized carbons (Fsp3) is 0.786. The number of aliphatic hydroxyl groups excluding tert-OH is 1. The van der Waals surface area contributed by atoms with E-state index in [-0.39, 0.29) is 29.1 Å². The predicted octanol–water partition coefficient (Wildman–Crippen LogP) is 7.40. The second kappa shape index (κ2) is 12.0. The highest BCUT2D eigenvalue weighted by Crippen LogP contribution is 2.46. The first kappa shape index (κ1) is 28.1. The van der Waals surface area contributed by atoms with Crippen LogP contribution in [0.15, 0.2) is 29.5 Å². The Morgan fingerprint density at radius 3 is 2.45 bits per heavy atom. The lowest BCUT2D eigenvalue weighted by molar-refractivity contribution is -0.136. The van der Waals surface area contributed by atoms with Gasteiger partial charge in [-0.3, -0.25) is 4.79 Å². The molecule has 0 amide bonds. The van der Waals surface area contributed by atoms with Crippen molar-refractivity contribution in [2.24, 2.45) is 11.8 Å². The van der Waals surface area contributed by atoms with Gasteiger partial charge in [0.2, 0.25) is 0 Å². The van der Waals surface area contributed by atoms with Gasteiger partial charge in [-0.25, -0.2) is 0 Å². The largest absolute Gasteiger partial charge is 0.481 e. The number of aliphatic hydroxyl groups is 1. The lowest BCUT2D eigenvalue weighted by Crippen LogP contribution is -2.52. The van der Waals surface area contributed by atoms with Crippen LogP contribution in [0.1, 0.15) is 98.3 Å². The molecular formula is C28H48O4Si. The zero-order valence-electron chi connectivity index (χ0n) is 22.0. The fourth-order valence-electron chi connectivity index (χ4n) is 5.26. The number of carbonyl (C=O) groups is 1. The summed E-state index contributed by atoms with van der Waals surface area (Å²) in [5.74, 6) is -0.0349. The summed E-state index contributed by atoms with van der Waals surface area (Å²) in [4.78, 5) is 10.6. The molecule has 1 saturated carbocycles. The van der Waals surface area contributed by atoms with Gasteiger partial charge in [-0.1, -0.05) is 51.7 Å². The second-order valence-corrected chi connectivity index (χ2v) is 16.7. The Bertz CT molecular complexity index is 735. The highest BCUT2D eigenvalue weighted by Gasteiger charge is 2.46. The predicted molar refractivity (Wildman–Crippen MR) is 139 cm³/mol. The third-order valence-corrected chi connectivity index (χ3v) is 13.0. The molecule has 0 aliphatic heterocycles. The number of rotatable bonds is 11. The Balaban J connectivity index is 2.06. The lowest BCUT2D eigenvalue weighted by Gasteiger charge is -2.49. The Morgan fingerprint density at radius 2 is 1.85 bits per heavy atom. The summed E-state index contributed by atoms with van der Waals surface area (Å²) in [5.41, 5.74) is 4.23.